The maximum atomic E-state index is 12.0. The summed E-state index contributed by atoms with van der Waals surface area (Å²) in [7, 11) is 0. The number of amides is 2. The molecule has 0 radical (unpaired) electrons. The van der Waals surface area contributed by atoms with E-state index in [1.165, 1.54) is 0 Å². The fourth-order valence-electron chi connectivity index (χ4n) is 2.55. The number of urea groups is 1. The number of rotatable bonds is 3. The van der Waals surface area contributed by atoms with E-state index in [-0.39, 0.29) is 24.4 Å². The minimum atomic E-state index is -0.789. The van der Waals surface area contributed by atoms with Crippen LogP contribution in [0.5, 0.6) is 0 Å². The number of carbonyl (C=O) groups is 2. The number of hydrogen-bond donors (Lipinski definition) is 2. The summed E-state index contributed by atoms with van der Waals surface area (Å²) in [4.78, 5) is 24.3. The number of likely N-dealkylation sites (tertiary alicyclic amines) is 1. The van der Waals surface area contributed by atoms with Crippen LogP contribution in [0.4, 0.5) is 4.79 Å². The van der Waals surface area contributed by atoms with Gasteiger partial charge in [-0.05, 0) is 25.2 Å². The summed E-state index contributed by atoms with van der Waals surface area (Å²) in [5, 5.41) is 11.7. The smallest absolute Gasteiger partial charge is 0.317 e. The second kappa shape index (κ2) is 6.04. The molecule has 102 valence electrons. The molecule has 18 heavy (non-hydrogen) atoms. The Morgan fingerprint density at radius 1 is 1.39 bits per heavy atom. The molecule has 2 atom stereocenters. The van der Waals surface area contributed by atoms with Gasteiger partial charge in [-0.15, -0.1) is 0 Å². The highest BCUT2D eigenvalue weighted by atomic mass is 16.5. The van der Waals surface area contributed by atoms with E-state index in [0.717, 1.165) is 25.9 Å². The Hall–Kier alpha value is -1.30. The van der Waals surface area contributed by atoms with Gasteiger partial charge in [0.15, 0.2) is 0 Å². The first-order chi connectivity index (χ1) is 8.65. The molecule has 0 saturated carbocycles. The zero-order chi connectivity index (χ0) is 13.0. The molecule has 2 unspecified atom stereocenters. The summed E-state index contributed by atoms with van der Waals surface area (Å²) in [5.74, 6) is -0.696. The van der Waals surface area contributed by atoms with Crippen LogP contribution in [0, 0.1) is 5.92 Å². The second-order valence-corrected chi connectivity index (χ2v) is 5.06. The van der Waals surface area contributed by atoms with Gasteiger partial charge in [-0.2, -0.15) is 0 Å². The number of carboxylic acids is 1. The van der Waals surface area contributed by atoms with Crippen LogP contribution in [-0.2, 0) is 9.53 Å². The lowest BCUT2D eigenvalue weighted by Gasteiger charge is -2.26. The van der Waals surface area contributed by atoms with E-state index in [4.69, 9.17) is 9.84 Å². The summed E-state index contributed by atoms with van der Waals surface area (Å²) in [6.45, 7) is 2.55. The zero-order valence-electron chi connectivity index (χ0n) is 10.4. The molecule has 0 aromatic rings. The normalized spacial score (nSPS) is 28.1. The zero-order valence-corrected chi connectivity index (χ0v) is 10.4. The van der Waals surface area contributed by atoms with Gasteiger partial charge in [0.2, 0.25) is 0 Å². The predicted molar refractivity (Wildman–Crippen MR) is 64.3 cm³/mol. The van der Waals surface area contributed by atoms with Crippen LogP contribution in [0.2, 0.25) is 0 Å². The van der Waals surface area contributed by atoms with Crippen molar-refractivity contribution in [3.63, 3.8) is 0 Å². The van der Waals surface area contributed by atoms with E-state index < -0.39 is 5.97 Å². The first kappa shape index (κ1) is 13.1. The summed E-state index contributed by atoms with van der Waals surface area (Å²) in [6, 6.07) is 0.0168. The highest BCUT2D eigenvalue weighted by Gasteiger charge is 2.29. The highest BCUT2D eigenvalue weighted by molar-refractivity contribution is 5.75. The van der Waals surface area contributed by atoms with Gasteiger partial charge in [-0.3, -0.25) is 4.79 Å². The van der Waals surface area contributed by atoms with Crippen molar-refractivity contribution in [3.05, 3.63) is 0 Å². The monoisotopic (exact) mass is 256 g/mol. The van der Waals surface area contributed by atoms with Crippen LogP contribution in [0.3, 0.4) is 0 Å². The van der Waals surface area contributed by atoms with E-state index in [1.54, 1.807) is 4.90 Å². The lowest BCUT2D eigenvalue weighted by Crippen LogP contribution is -2.47. The summed E-state index contributed by atoms with van der Waals surface area (Å²) in [6.07, 6.45) is 2.86. The van der Waals surface area contributed by atoms with E-state index in [0.29, 0.717) is 19.7 Å². The van der Waals surface area contributed by atoms with Crippen LogP contribution in [-0.4, -0.2) is 54.4 Å². The van der Waals surface area contributed by atoms with Crippen molar-refractivity contribution < 1.29 is 19.4 Å². The molecule has 2 rings (SSSR count). The van der Waals surface area contributed by atoms with Crippen LogP contribution < -0.4 is 5.32 Å². The van der Waals surface area contributed by atoms with Gasteiger partial charge in [0.05, 0.1) is 12.6 Å². The molecule has 0 aromatic carbocycles. The fraction of sp³-hybridized carbons (Fsp3) is 0.833. The fourth-order valence-corrected chi connectivity index (χ4v) is 2.55. The Morgan fingerprint density at radius 2 is 2.22 bits per heavy atom. The molecule has 2 amide bonds. The Balaban J connectivity index is 1.74. The highest BCUT2D eigenvalue weighted by Crippen LogP contribution is 2.19. The van der Waals surface area contributed by atoms with Gasteiger partial charge in [0.25, 0.3) is 0 Å². The summed E-state index contributed by atoms with van der Waals surface area (Å²) >= 11 is 0. The van der Waals surface area contributed by atoms with Crippen LogP contribution in [0.15, 0.2) is 0 Å². The minimum absolute atomic E-state index is 0.0848. The summed E-state index contributed by atoms with van der Waals surface area (Å²) in [5.41, 5.74) is 0. The topological polar surface area (TPSA) is 78.9 Å². The molecule has 6 nitrogen and oxygen atoms in total. The van der Waals surface area contributed by atoms with Crippen LogP contribution in [0.1, 0.15) is 25.7 Å². The number of carboxylic acid groups (broad SMARTS) is 1. The Morgan fingerprint density at radius 3 is 2.89 bits per heavy atom. The van der Waals surface area contributed by atoms with Crippen LogP contribution >= 0.6 is 0 Å². The maximum absolute atomic E-state index is 12.0. The molecule has 2 fully saturated rings. The maximum Gasteiger partial charge on any atom is 0.317 e. The van der Waals surface area contributed by atoms with E-state index in [2.05, 4.69) is 5.32 Å². The first-order valence-corrected chi connectivity index (χ1v) is 6.50. The lowest BCUT2D eigenvalue weighted by molar-refractivity contribution is -0.138. The average molecular weight is 256 g/mol. The van der Waals surface area contributed by atoms with Crippen molar-refractivity contribution in [1.82, 2.24) is 10.2 Å². The predicted octanol–water partition coefficient (Wildman–Crippen LogP) is 0.672. The largest absolute Gasteiger partial charge is 0.481 e. The molecule has 2 aliphatic rings. The Kier molecular flexibility index (Phi) is 4.41. The number of ether oxygens (including phenoxy) is 1. The number of nitrogens with zero attached hydrogens (tertiary/aromatic N) is 1. The quantitative estimate of drug-likeness (QED) is 0.778. The molecule has 0 aromatic heterocycles. The Bertz CT molecular complexity index is 315. The van der Waals surface area contributed by atoms with Gasteiger partial charge in [-0.25, -0.2) is 4.79 Å². The van der Waals surface area contributed by atoms with Gasteiger partial charge in [0, 0.05) is 26.1 Å². The molecule has 2 saturated heterocycles. The number of hydrogen-bond acceptors (Lipinski definition) is 3. The van der Waals surface area contributed by atoms with Crippen molar-refractivity contribution in [3.8, 4) is 0 Å². The molecule has 0 bridgehead atoms. The van der Waals surface area contributed by atoms with Gasteiger partial charge < -0.3 is 20.1 Å². The third-order valence-corrected chi connectivity index (χ3v) is 3.52. The average Bonchev–Trinajstić information content (AvgIpc) is 2.78. The molecule has 2 aliphatic heterocycles. The molecule has 6 heteroatoms. The van der Waals surface area contributed by atoms with Gasteiger partial charge >= 0.3 is 12.0 Å². The molecule has 2 heterocycles. The second-order valence-electron chi connectivity index (χ2n) is 5.06. The number of carbonyl (C=O) groups excluding carboxylic acids is 1. The molecule has 2 N–H and O–H groups in total. The third-order valence-electron chi connectivity index (χ3n) is 3.52. The third kappa shape index (κ3) is 3.60. The lowest BCUT2D eigenvalue weighted by atomic mass is 10.1. The molecule has 0 spiro atoms. The number of nitrogens with one attached hydrogen (secondary N) is 1. The van der Waals surface area contributed by atoms with E-state index in [9.17, 15) is 9.59 Å². The molecule has 0 aliphatic carbocycles. The van der Waals surface area contributed by atoms with Crippen molar-refractivity contribution in [2.45, 2.75) is 31.7 Å². The standard InChI is InChI=1S/C12H20N2O4/c15-11(16)6-9-3-4-14(7-9)12(17)13-10-2-1-5-18-8-10/h9-10H,1-8H2,(H,13,17)(H,15,16). The summed E-state index contributed by atoms with van der Waals surface area (Å²) < 4.78 is 5.31. The number of aliphatic carboxylic acids is 1. The van der Waals surface area contributed by atoms with Crippen molar-refractivity contribution in [2.75, 3.05) is 26.3 Å². The SMILES string of the molecule is O=C(O)CC1CCN(C(=O)NC2CCCOC2)C1. The molecular formula is C12H20N2O4. The Labute approximate surface area is 106 Å². The van der Waals surface area contributed by atoms with Crippen molar-refractivity contribution in [1.29, 1.82) is 0 Å². The van der Waals surface area contributed by atoms with E-state index in [1.807, 2.05) is 0 Å². The van der Waals surface area contributed by atoms with Crippen LogP contribution in [0.25, 0.3) is 0 Å². The van der Waals surface area contributed by atoms with Crippen molar-refractivity contribution >= 4 is 12.0 Å². The minimum Gasteiger partial charge on any atom is -0.481 e. The molecular weight excluding hydrogens is 236 g/mol. The van der Waals surface area contributed by atoms with Crippen molar-refractivity contribution in [2.24, 2.45) is 5.92 Å². The van der Waals surface area contributed by atoms with Gasteiger partial charge in [0.1, 0.15) is 0 Å². The first-order valence-electron chi connectivity index (χ1n) is 6.50. The van der Waals surface area contributed by atoms with E-state index >= 15 is 0 Å². The van der Waals surface area contributed by atoms with Gasteiger partial charge in [-0.1, -0.05) is 0 Å².